The lowest BCUT2D eigenvalue weighted by Gasteiger charge is -2.28. The Kier molecular flexibility index (Phi) is 6.15. The number of benzene rings is 2. The lowest BCUT2D eigenvalue weighted by Crippen LogP contribution is -2.22. The fourth-order valence-electron chi connectivity index (χ4n) is 4.58. The summed E-state index contributed by atoms with van der Waals surface area (Å²) in [5, 5.41) is 1.10. The lowest BCUT2D eigenvalue weighted by molar-refractivity contribution is -0.0530. The molecule has 0 saturated carbocycles. The van der Waals surface area contributed by atoms with Crippen LogP contribution in [0.25, 0.3) is 22.2 Å². The van der Waals surface area contributed by atoms with Crippen LogP contribution in [0.2, 0.25) is 0 Å². The summed E-state index contributed by atoms with van der Waals surface area (Å²) in [7, 11) is 0. The van der Waals surface area contributed by atoms with E-state index in [0.29, 0.717) is 12.1 Å². The van der Waals surface area contributed by atoms with Crippen LogP contribution < -0.4 is 0 Å². The third-order valence-electron chi connectivity index (χ3n) is 5.99. The summed E-state index contributed by atoms with van der Waals surface area (Å²) in [6.07, 6.45) is 1.97. The normalized spacial score (nSPS) is 13.0. The predicted molar refractivity (Wildman–Crippen MR) is 134 cm³/mol. The average molecular weight is 445 g/mol. The molecule has 2 aromatic carbocycles. The van der Waals surface area contributed by atoms with Crippen LogP contribution in [0, 0.1) is 26.6 Å². The van der Waals surface area contributed by atoms with Gasteiger partial charge < -0.3 is 9.30 Å². The van der Waals surface area contributed by atoms with Gasteiger partial charge in [0.05, 0.1) is 11.7 Å². The summed E-state index contributed by atoms with van der Waals surface area (Å²) < 4.78 is 22.3. The summed E-state index contributed by atoms with van der Waals surface area (Å²) in [4.78, 5) is 5.04. The van der Waals surface area contributed by atoms with Gasteiger partial charge in [-0.1, -0.05) is 42.0 Å². The second-order valence-electron chi connectivity index (χ2n) is 9.99. The Morgan fingerprint density at radius 2 is 1.70 bits per heavy atom. The fourth-order valence-corrected chi connectivity index (χ4v) is 4.58. The zero-order valence-corrected chi connectivity index (χ0v) is 20.7. The van der Waals surface area contributed by atoms with Crippen molar-refractivity contribution in [2.24, 2.45) is 0 Å². The summed E-state index contributed by atoms with van der Waals surface area (Å²) in [5.41, 5.74) is 8.01. The SMILES string of the molecule is Cc1ccc(-c2c(C(C)OC(C)(C)C)c(C)nc3c2ccn3Cc2ccc(F)c(C)c2)cc1. The Balaban J connectivity index is 1.89. The number of hydrogen-bond acceptors (Lipinski definition) is 2. The molecule has 1 unspecified atom stereocenters. The van der Waals surface area contributed by atoms with Gasteiger partial charge in [0.1, 0.15) is 11.5 Å². The smallest absolute Gasteiger partial charge is 0.141 e. The van der Waals surface area contributed by atoms with Crippen LogP contribution in [-0.4, -0.2) is 15.2 Å². The van der Waals surface area contributed by atoms with Gasteiger partial charge >= 0.3 is 0 Å². The molecule has 0 aliphatic carbocycles. The first kappa shape index (κ1) is 23.2. The summed E-state index contributed by atoms with van der Waals surface area (Å²) in [5.74, 6) is -0.177. The first-order valence-electron chi connectivity index (χ1n) is 11.5. The summed E-state index contributed by atoms with van der Waals surface area (Å²) >= 11 is 0. The molecule has 0 radical (unpaired) electrons. The molecule has 3 nitrogen and oxygen atoms in total. The Bertz CT molecular complexity index is 1300. The first-order valence-corrected chi connectivity index (χ1v) is 11.5. The summed E-state index contributed by atoms with van der Waals surface area (Å²) in [6, 6.07) is 16.1. The molecule has 4 aromatic rings. The molecular formula is C29H33FN2O. The van der Waals surface area contributed by atoms with Gasteiger partial charge in [-0.3, -0.25) is 0 Å². The van der Waals surface area contributed by atoms with Crippen LogP contribution in [0.15, 0.2) is 54.7 Å². The maximum absolute atomic E-state index is 13.8. The van der Waals surface area contributed by atoms with Crippen LogP contribution in [-0.2, 0) is 11.3 Å². The van der Waals surface area contributed by atoms with Crippen LogP contribution in [0.5, 0.6) is 0 Å². The number of aryl methyl sites for hydroxylation is 3. The predicted octanol–water partition coefficient (Wildman–Crippen LogP) is 7.69. The topological polar surface area (TPSA) is 27.1 Å². The molecule has 1 atom stereocenters. The highest BCUT2D eigenvalue weighted by atomic mass is 19.1. The Morgan fingerprint density at radius 1 is 1.00 bits per heavy atom. The molecule has 4 heteroatoms. The highest BCUT2D eigenvalue weighted by Gasteiger charge is 2.25. The molecule has 2 heterocycles. The average Bonchev–Trinajstić information content (AvgIpc) is 3.11. The highest BCUT2D eigenvalue weighted by molar-refractivity contribution is 5.96. The molecule has 0 fully saturated rings. The van der Waals surface area contributed by atoms with Crippen LogP contribution in [0.4, 0.5) is 4.39 Å². The molecule has 0 amide bonds. The van der Waals surface area contributed by atoms with Gasteiger partial charge in [0.25, 0.3) is 0 Å². The number of hydrogen-bond donors (Lipinski definition) is 0. The number of fused-ring (bicyclic) bond motifs is 1. The highest BCUT2D eigenvalue weighted by Crippen LogP contribution is 2.39. The second-order valence-corrected chi connectivity index (χ2v) is 9.99. The van der Waals surface area contributed by atoms with E-state index in [4.69, 9.17) is 9.72 Å². The monoisotopic (exact) mass is 444 g/mol. The van der Waals surface area contributed by atoms with Crippen molar-refractivity contribution < 1.29 is 9.13 Å². The molecule has 172 valence electrons. The Labute approximate surface area is 196 Å². The molecular weight excluding hydrogens is 411 g/mol. The van der Waals surface area contributed by atoms with E-state index < -0.39 is 0 Å². The van der Waals surface area contributed by atoms with Crippen molar-refractivity contribution in [2.75, 3.05) is 0 Å². The van der Waals surface area contributed by atoms with Crippen molar-refractivity contribution in [1.29, 1.82) is 0 Å². The van der Waals surface area contributed by atoms with Crippen molar-refractivity contribution in [2.45, 2.75) is 66.7 Å². The Morgan fingerprint density at radius 3 is 2.33 bits per heavy atom. The second kappa shape index (κ2) is 8.75. The van der Waals surface area contributed by atoms with E-state index in [9.17, 15) is 4.39 Å². The van der Waals surface area contributed by atoms with Gasteiger partial charge in [-0.25, -0.2) is 9.37 Å². The van der Waals surface area contributed by atoms with Gasteiger partial charge in [0, 0.05) is 34.9 Å². The first-order chi connectivity index (χ1) is 15.5. The quantitative estimate of drug-likeness (QED) is 0.315. The zero-order valence-electron chi connectivity index (χ0n) is 20.7. The largest absolute Gasteiger partial charge is 0.368 e. The number of halogens is 1. The molecule has 0 aliphatic heterocycles. The minimum atomic E-state index is -0.266. The van der Waals surface area contributed by atoms with Gasteiger partial charge in [-0.05, 0) is 77.3 Å². The van der Waals surface area contributed by atoms with E-state index in [0.717, 1.165) is 33.4 Å². The zero-order chi connectivity index (χ0) is 23.9. The summed E-state index contributed by atoms with van der Waals surface area (Å²) in [6.45, 7) is 15.0. The van der Waals surface area contributed by atoms with E-state index in [-0.39, 0.29) is 17.5 Å². The van der Waals surface area contributed by atoms with Crippen molar-refractivity contribution in [3.63, 3.8) is 0 Å². The molecule has 0 spiro atoms. The van der Waals surface area contributed by atoms with Gasteiger partial charge in [-0.2, -0.15) is 0 Å². The van der Waals surface area contributed by atoms with Crippen LogP contribution >= 0.6 is 0 Å². The van der Waals surface area contributed by atoms with Crippen molar-refractivity contribution in [3.05, 3.63) is 88.5 Å². The van der Waals surface area contributed by atoms with Crippen molar-refractivity contribution in [3.8, 4) is 11.1 Å². The van der Waals surface area contributed by atoms with E-state index in [2.05, 4.69) is 82.6 Å². The number of pyridine rings is 1. The molecule has 33 heavy (non-hydrogen) atoms. The maximum atomic E-state index is 13.8. The Hall–Kier alpha value is -2.98. The lowest BCUT2D eigenvalue weighted by atomic mass is 9.92. The van der Waals surface area contributed by atoms with Gasteiger partial charge in [0.15, 0.2) is 0 Å². The number of ether oxygens (including phenoxy) is 1. The third-order valence-corrected chi connectivity index (χ3v) is 5.99. The van der Waals surface area contributed by atoms with E-state index in [1.165, 1.54) is 17.2 Å². The van der Waals surface area contributed by atoms with Crippen LogP contribution in [0.3, 0.4) is 0 Å². The van der Waals surface area contributed by atoms with E-state index >= 15 is 0 Å². The van der Waals surface area contributed by atoms with Crippen LogP contribution in [0.1, 0.15) is 61.7 Å². The number of nitrogens with zero attached hydrogens (tertiary/aromatic N) is 2. The van der Waals surface area contributed by atoms with Crippen molar-refractivity contribution in [1.82, 2.24) is 9.55 Å². The van der Waals surface area contributed by atoms with Gasteiger partial charge in [-0.15, -0.1) is 0 Å². The minimum Gasteiger partial charge on any atom is -0.368 e. The molecule has 0 bridgehead atoms. The van der Waals surface area contributed by atoms with E-state index in [1.807, 2.05) is 12.1 Å². The molecule has 0 saturated heterocycles. The standard InChI is InChI=1S/C29H33FN2O/c1-18-8-11-23(12-9-18)27-24-14-15-32(17-22-10-13-25(30)19(2)16-22)28(24)31-20(3)26(27)21(4)33-29(5,6)7/h8-16,21H,17H2,1-7H3. The van der Waals surface area contributed by atoms with Gasteiger partial charge in [0.2, 0.25) is 0 Å². The molecule has 0 aliphatic rings. The molecule has 0 N–H and O–H groups in total. The number of rotatable bonds is 5. The van der Waals surface area contributed by atoms with Crippen molar-refractivity contribution >= 4 is 11.0 Å². The maximum Gasteiger partial charge on any atom is 0.141 e. The number of aromatic nitrogens is 2. The van der Waals surface area contributed by atoms with E-state index in [1.54, 1.807) is 6.92 Å². The minimum absolute atomic E-state index is 0.110. The molecule has 2 aromatic heterocycles. The third kappa shape index (κ3) is 4.86. The molecule has 4 rings (SSSR count). The fraction of sp³-hybridized carbons (Fsp3) is 0.345.